The van der Waals surface area contributed by atoms with Crippen molar-refractivity contribution in [1.82, 2.24) is 0 Å². The van der Waals surface area contributed by atoms with Crippen LogP contribution in [0.2, 0.25) is 0 Å². The van der Waals surface area contributed by atoms with Gasteiger partial charge in [0.1, 0.15) is 0 Å². The first-order valence-corrected chi connectivity index (χ1v) is 13.6. The molecule has 35 heavy (non-hydrogen) atoms. The number of carbonyl (C=O) groups excluding carboxylic acids is 1. The van der Waals surface area contributed by atoms with Gasteiger partial charge in [-0.2, -0.15) is 17.7 Å². The van der Waals surface area contributed by atoms with Gasteiger partial charge in [-0.25, -0.2) is 0 Å². The minimum Gasteiger partial charge on any atom is -0.326 e. The predicted octanol–water partition coefficient (Wildman–Crippen LogP) is 6.15. The van der Waals surface area contributed by atoms with E-state index in [2.05, 4.69) is 5.32 Å². The summed E-state index contributed by atoms with van der Waals surface area (Å²) in [4.78, 5) is 13.7. The third kappa shape index (κ3) is 5.79. The Bertz CT molecular complexity index is 1210. The topological polar surface area (TPSA) is 66.4 Å². The van der Waals surface area contributed by atoms with E-state index in [9.17, 15) is 26.7 Å². The van der Waals surface area contributed by atoms with Gasteiger partial charge in [-0.3, -0.25) is 9.00 Å². The molecule has 184 valence electrons. The van der Waals surface area contributed by atoms with Gasteiger partial charge in [-0.1, -0.05) is 31.2 Å². The second kappa shape index (κ2) is 10.2. The lowest BCUT2D eigenvalue weighted by Crippen LogP contribution is -2.21. The summed E-state index contributed by atoms with van der Waals surface area (Å²) in [6, 6.07) is 19.0. The number of hydrogen-bond donors (Lipinski definition) is 2. The predicted molar refractivity (Wildman–Crippen MR) is 133 cm³/mol. The molecule has 0 heterocycles. The molecule has 0 bridgehead atoms. The molecule has 1 fully saturated rings. The Morgan fingerprint density at radius 1 is 1.00 bits per heavy atom. The summed E-state index contributed by atoms with van der Waals surface area (Å²) >= 11 is -1.25. The zero-order valence-electron chi connectivity index (χ0n) is 19.0. The Balaban J connectivity index is 1.39. The van der Waals surface area contributed by atoms with E-state index in [1.165, 1.54) is 12.1 Å². The van der Waals surface area contributed by atoms with E-state index in [0.29, 0.717) is 16.3 Å². The second-order valence-electron chi connectivity index (χ2n) is 8.38. The van der Waals surface area contributed by atoms with Crippen molar-refractivity contribution in [2.24, 2.45) is 0 Å². The van der Waals surface area contributed by atoms with Gasteiger partial charge in [0.05, 0.1) is 22.8 Å². The molecule has 0 radical (unpaired) electrons. The number of rotatable bonds is 8. The Hall–Kier alpha value is -2.62. The molecule has 1 saturated carbocycles. The fourth-order valence-electron chi connectivity index (χ4n) is 3.88. The summed E-state index contributed by atoms with van der Waals surface area (Å²) in [6.45, 7) is 1.85. The van der Waals surface area contributed by atoms with Gasteiger partial charge in [0.15, 0.2) is 20.8 Å². The van der Waals surface area contributed by atoms with Crippen molar-refractivity contribution in [3.8, 4) is 0 Å². The SMILES string of the molecule is CCS(=O)c1ccc(CC(=O)Nc2ccc(C3([S+](O)c4ccc(C(F)(F)F)cc4)CC3)cc2)cc1. The molecule has 2 N–H and O–H groups in total. The van der Waals surface area contributed by atoms with Gasteiger partial charge in [-0.05, 0) is 54.1 Å². The van der Waals surface area contributed by atoms with Gasteiger partial charge in [-0.15, -0.1) is 0 Å². The van der Waals surface area contributed by atoms with Crippen molar-refractivity contribution >= 4 is 33.6 Å². The molecule has 1 aliphatic rings. The van der Waals surface area contributed by atoms with Crippen molar-refractivity contribution in [1.29, 1.82) is 0 Å². The summed E-state index contributed by atoms with van der Waals surface area (Å²) in [5, 5.41) is 2.85. The van der Waals surface area contributed by atoms with Gasteiger partial charge in [0.25, 0.3) is 0 Å². The number of alkyl halides is 3. The van der Waals surface area contributed by atoms with Gasteiger partial charge in [0, 0.05) is 34.7 Å². The highest BCUT2D eigenvalue weighted by atomic mass is 32.2. The van der Waals surface area contributed by atoms with Crippen molar-refractivity contribution in [2.45, 2.75) is 46.9 Å². The number of amides is 1. The molecule has 0 aliphatic heterocycles. The average Bonchev–Trinajstić information content (AvgIpc) is 3.65. The minimum atomic E-state index is -4.41. The van der Waals surface area contributed by atoms with Crippen LogP contribution in [0.5, 0.6) is 0 Å². The number of anilines is 1. The van der Waals surface area contributed by atoms with Crippen LogP contribution in [0.1, 0.15) is 36.5 Å². The highest BCUT2D eigenvalue weighted by Gasteiger charge is 2.61. The fraction of sp³-hybridized carbons (Fsp3) is 0.269. The summed E-state index contributed by atoms with van der Waals surface area (Å²) < 4.78 is 60.8. The summed E-state index contributed by atoms with van der Waals surface area (Å²) in [7, 11) is -1.03. The van der Waals surface area contributed by atoms with Crippen LogP contribution < -0.4 is 5.32 Å². The Labute approximate surface area is 207 Å². The van der Waals surface area contributed by atoms with E-state index in [0.717, 1.165) is 41.0 Å². The molecule has 9 heteroatoms. The van der Waals surface area contributed by atoms with Crippen molar-refractivity contribution < 1.29 is 26.7 Å². The maximum atomic E-state index is 12.8. The van der Waals surface area contributed by atoms with E-state index in [4.69, 9.17) is 0 Å². The molecule has 2 atom stereocenters. The molecule has 0 aromatic heterocycles. The van der Waals surface area contributed by atoms with Crippen LogP contribution in [0.4, 0.5) is 18.9 Å². The standard InChI is InChI=1S/C26H24F3NO3S2/c1-2-34(32)22-11-3-18(4-12-22)17-24(31)30-21-9-5-19(6-10-21)25(15-16-25)35(33)23-13-7-20(8-14-23)26(27,28)29/h3-14,33H,2,15-17H2,1H3/p+1. The third-order valence-electron chi connectivity index (χ3n) is 5.99. The van der Waals surface area contributed by atoms with E-state index in [1.54, 1.807) is 36.4 Å². The van der Waals surface area contributed by atoms with E-state index in [1.807, 2.05) is 19.1 Å². The van der Waals surface area contributed by atoms with E-state index < -0.39 is 38.5 Å². The lowest BCUT2D eigenvalue weighted by Gasteiger charge is -2.14. The Morgan fingerprint density at radius 3 is 2.11 bits per heavy atom. The second-order valence-corrected chi connectivity index (χ2v) is 11.9. The summed E-state index contributed by atoms with van der Waals surface area (Å²) in [6.07, 6.45) is -2.77. The summed E-state index contributed by atoms with van der Waals surface area (Å²) in [5.74, 6) is 0.355. The lowest BCUT2D eigenvalue weighted by molar-refractivity contribution is -0.137. The highest BCUT2D eigenvalue weighted by Crippen LogP contribution is 2.55. The first-order chi connectivity index (χ1) is 16.6. The zero-order chi connectivity index (χ0) is 25.2. The Morgan fingerprint density at radius 2 is 1.60 bits per heavy atom. The van der Waals surface area contributed by atoms with Crippen LogP contribution in [0, 0.1) is 0 Å². The van der Waals surface area contributed by atoms with Crippen molar-refractivity contribution in [2.75, 3.05) is 11.1 Å². The molecular formula is C26H25F3NO3S2+. The molecule has 4 nitrogen and oxygen atoms in total. The maximum Gasteiger partial charge on any atom is 0.416 e. The molecule has 3 aromatic carbocycles. The molecule has 4 rings (SSSR count). The molecule has 0 spiro atoms. The molecule has 0 saturated heterocycles. The highest BCUT2D eigenvalue weighted by molar-refractivity contribution is 7.92. The smallest absolute Gasteiger partial charge is 0.326 e. The third-order valence-corrected chi connectivity index (χ3v) is 9.41. The van der Waals surface area contributed by atoms with Crippen LogP contribution >= 0.6 is 0 Å². The largest absolute Gasteiger partial charge is 0.416 e. The van der Waals surface area contributed by atoms with Crippen molar-refractivity contribution in [3.05, 3.63) is 89.5 Å². The number of halogens is 3. The van der Waals surface area contributed by atoms with Crippen molar-refractivity contribution in [3.63, 3.8) is 0 Å². The first-order valence-electron chi connectivity index (χ1n) is 11.1. The van der Waals surface area contributed by atoms with Crippen LogP contribution in [0.3, 0.4) is 0 Å². The van der Waals surface area contributed by atoms with Crippen LogP contribution in [0.25, 0.3) is 0 Å². The maximum absolute atomic E-state index is 12.8. The van der Waals surface area contributed by atoms with Crippen LogP contribution in [-0.2, 0) is 44.1 Å². The van der Waals surface area contributed by atoms with E-state index >= 15 is 0 Å². The molecule has 2 unspecified atom stereocenters. The normalized spacial score (nSPS) is 16.4. The van der Waals surface area contributed by atoms with Gasteiger partial charge < -0.3 is 5.32 Å². The minimum absolute atomic E-state index is 0.179. The van der Waals surface area contributed by atoms with Crippen LogP contribution in [0.15, 0.2) is 82.6 Å². The number of hydrogen-bond acceptors (Lipinski definition) is 3. The number of nitrogens with one attached hydrogen (secondary N) is 1. The monoisotopic (exact) mass is 520 g/mol. The number of benzene rings is 3. The Kier molecular flexibility index (Phi) is 7.40. The average molecular weight is 521 g/mol. The molecule has 3 aromatic rings. The molecular weight excluding hydrogens is 495 g/mol. The van der Waals surface area contributed by atoms with Crippen LogP contribution in [-0.4, -0.2) is 20.4 Å². The molecule has 1 amide bonds. The first kappa shape index (κ1) is 25.5. The van der Waals surface area contributed by atoms with Gasteiger partial charge >= 0.3 is 6.18 Å². The zero-order valence-corrected chi connectivity index (χ0v) is 20.6. The fourth-order valence-corrected chi connectivity index (χ4v) is 6.35. The summed E-state index contributed by atoms with van der Waals surface area (Å²) in [5.41, 5.74) is 1.58. The lowest BCUT2D eigenvalue weighted by atomic mass is 10.1. The van der Waals surface area contributed by atoms with E-state index in [-0.39, 0.29) is 12.3 Å². The quantitative estimate of drug-likeness (QED) is 0.350. The molecule has 1 aliphatic carbocycles. The van der Waals surface area contributed by atoms with Gasteiger partial charge in [0.2, 0.25) is 5.91 Å². The number of carbonyl (C=O) groups is 1.